The summed E-state index contributed by atoms with van der Waals surface area (Å²) < 4.78 is 16.5. The summed E-state index contributed by atoms with van der Waals surface area (Å²) in [5, 5.41) is 17.9. The van der Waals surface area contributed by atoms with E-state index in [4.69, 9.17) is 0 Å². The lowest BCUT2D eigenvalue weighted by atomic mass is 10.1. The molecule has 8 heteroatoms. The fourth-order valence-corrected chi connectivity index (χ4v) is 3.03. The Morgan fingerprint density at radius 3 is 2.77 bits per heavy atom. The fraction of sp³-hybridized carbons (Fsp3) is 0.143. The van der Waals surface area contributed by atoms with E-state index in [9.17, 15) is 4.39 Å². The molecule has 0 unspecified atom stereocenters. The summed E-state index contributed by atoms with van der Waals surface area (Å²) in [5.41, 5.74) is 0.970. The Labute approximate surface area is 128 Å². The molecule has 110 valence electrons. The van der Waals surface area contributed by atoms with Gasteiger partial charge in [0.25, 0.3) is 0 Å². The molecule has 0 fully saturated rings. The van der Waals surface area contributed by atoms with Gasteiger partial charge >= 0.3 is 0 Å². The quantitative estimate of drug-likeness (QED) is 0.579. The number of halogens is 1. The molecule has 0 saturated heterocycles. The smallest absolute Gasteiger partial charge is 0.234 e. The SMILES string of the molecule is Fc1ccc(Cc2nnc3sc(Cn4cccn4)nn23)cc1. The van der Waals surface area contributed by atoms with Crippen molar-refractivity contribution in [2.75, 3.05) is 0 Å². The van der Waals surface area contributed by atoms with Crippen LogP contribution in [-0.4, -0.2) is 29.6 Å². The Balaban J connectivity index is 1.61. The maximum Gasteiger partial charge on any atom is 0.234 e. The molecule has 0 aliphatic rings. The first-order chi connectivity index (χ1) is 10.8. The number of benzene rings is 1. The predicted molar refractivity (Wildman–Crippen MR) is 79.2 cm³/mol. The third-order valence-electron chi connectivity index (χ3n) is 3.23. The molecule has 4 aromatic rings. The van der Waals surface area contributed by atoms with Crippen LogP contribution >= 0.6 is 11.3 Å². The van der Waals surface area contributed by atoms with E-state index in [0.717, 1.165) is 21.4 Å². The lowest BCUT2D eigenvalue weighted by Gasteiger charge is -1.98. The van der Waals surface area contributed by atoms with Crippen LogP contribution in [0.4, 0.5) is 4.39 Å². The van der Waals surface area contributed by atoms with E-state index >= 15 is 0 Å². The Kier molecular flexibility index (Phi) is 3.15. The molecular formula is C14H11FN6S. The average molecular weight is 314 g/mol. The minimum absolute atomic E-state index is 0.245. The van der Waals surface area contributed by atoms with Gasteiger partial charge in [-0.2, -0.15) is 14.7 Å². The fourth-order valence-electron chi connectivity index (χ4n) is 2.19. The summed E-state index contributed by atoms with van der Waals surface area (Å²) in [4.78, 5) is 0.749. The van der Waals surface area contributed by atoms with Crippen molar-refractivity contribution in [2.24, 2.45) is 0 Å². The van der Waals surface area contributed by atoms with Crippen LogP contribution in [0.15, 0.2) is 42.7 Å². The number of hydrogen-bond donors (Lipinski definition) is 0. The first kappa shape index (κ1) is 13.1. The van der Waals surface area contributed by atoms with Crippen LogP contribution < -0.4 is 0 Å². The minimum Gasteiger partial charge on any atom is -0.266 e. The highest BCUT2D eigenvalue weighted by Gasteiger charge is 2.12. The molecule has 1 aromatic carbocycles. The van der Waals surface area contributed by atoms with Crippen molar-refractivity contribution < 1.29 is 4.39 Å². The largest absolute Gasteiger partial charge is 0.266 e. The first-order valence-electron chi connectivity index (χ1n) is 6.70. The normalized spacial score (nSPS) is 11.3. The summed E-state index contributed by atoms with van der Waals surface area (Å²) >= 11 is 1.49. The zero-order valence-corrected chi connectivity index (χ0v) is 12.2. The maximum absolute atomic E-state index is 13.0. The Morgan fingerprint density at radius 1 is 1.14 bits per heavy atom. The van der Waals surface area contributed by atoms with Gasteiger partial charge in [0.2, 0.25) is 4.96 Å². The van der Waals surface area contributed by atoms with E-state index in [1.165, 1.54) is 23.5 Å². The Morgan fingerprint density at radius 2 is 2.00 bits per heavy atom. The van der Waals surface area contributed by atoms with Crippen LogP contribution in [-0.2, 0) is 13.0 Å². The van der Waals surface area contributed by atoms with E-state index in [1.54, 1.807) is 22.8 Å². The van der Waals surface area contributed by atoms with Gasteiger partial charge in [-0.25, -0.2) is 4.39 Å². The lowest BCUT2D eigenvalue weighted by molar-refractivity contribution is 0.627. The highest BCUT2D eigenvalue weighted by atomic mass is 32.1. The molecule has 22 heavy (non-hydrogen) atoms. The number of nitrogens with zero attached hydrogens (tertiary/aromatic N) is 6. The van der Waals surface area contributed by atoms with Crippen LogP contribution in [0.1, 0.15) is 16.4 Å². The molecule has 0 radical (unpaired) electrons. The van der Waals surface area contributed by atoms with Crippen LogP contribution in [0.2, 0.25) is 0 Å². The van der Waals surface area contributed by atoms with Crippen molar-refractivity contribution >= 4 is 16.3 Å². The molecule has 0 aliphatic heterocycles. The van der Waals surface area contributed by atoms with E-state index in [-0.39, 0.29) is 5.82 Å². The molecule has 4 rings (SSSR count). The Bertz CT molecular complexity index is 893. The molecule has 0 saturated carbocycles. The molecule has 0 atom stereocenters. The van der Waals surface area contributed by atoms with E-state index in [2.05, 4.69) is 20.4 Å². The van der Waals surface area contributed by atoms with Gasteiger partial charge in [-0.15, -0.1) is 10.2 Å². The molecule has 3 aromatic heterocycles. The maximum atomic E-state index is 13.0. The summed E-state index contributed by atoms with van der Waals surface area (Å²) in [5.74, 6) is 0.495. The minimum atomic E-state index is -0.245. The Hall–Kier alpha value is -2.61. The monoisotopic (exact) mass is 314 g/mol. The molecule has 0 bridgehead atoms. The van der Waals surface area contributed by atoms with Gasteiger partial charge in [-0.05, 0) is 23.8 Å². The summed E-state index contributed by atoms with van der Waals surface area (Å²) in [6, 6.07) is 8.25. The summed E-state index contributed by atoms with van der Waals surface area (Å²) in [6.45, 7) is 0.608. The summed E-state index contributed by atoms with van der Waals surface area (Å²) in [7, 11) is 0. The van der Waals surface area contributed by atoms with Gasteiger partial charge in [0, 0.05) is 18.8 Å². The van der Waals surface area contributed by atoms with Gasteiger partial charge in [-0.1, -0.05) is 23.5 Å². The van der Waals surface area contributed by atoms with Crippen molar-refractivity contribution in [2.45, 2.75) is 13.0 Å². The third-order valence-corrected chi connectivity index (χ3v) is 4.11. The van der Waals surface area contributed by atoms with Gasteiger partial charge < -0.3 is 0 Å². The molecule has 0 aliphatic carbocycles. The second-order valence-corrected chi connectivity index (χ2v) is 5.85. The molecule has 0 amide bonds. The van der Waals surface area contributed by atoms with E-state index < -0.39 is 0 Å². The average Bonchev–Trinajstić information content (AvgIpc) is 3.21. The number of aromatic nitrogens is 6. The molecule has 6 nitrogen and oxygen atoms in total. The van der Waals surface area contributed by atoms with E-state index in [0.29, 0.717) is 13.0 Å². The third kappa shape index (κ3) is 2.48. The van der Waals surface area contributed by atoms with Crippen molar-refractivity contribution in [1.29, 1.82) is 0 Å². The predicted octanol–water partition coefficient (Wildman–Crippen LogP) is 2.16. The van der Waals surface area contributed by atoms with Gasteiger partial charge in [0.15, 0.2) is 5.82 Å². The van der Waals surface area contributed by atoms with Crippen LogP contribution in [0.5, 0.6) is 0 Å². The second-order valence-electron chi connectivity index (χ2n) is 4.81. The second kappa shape index (κ2) is 5.30. The summed E-state index contributed by atoms with van der Waals surface area (Å²) in [6.07, 6.45) is 4.19. The highest BCUT2D eigenvalue weighted by molar-refractivity contribution is 7.16. The zero-order chi connectivity index (χ0) is 14.9. The molecule has 0 N–H and O–H groups in total. The topological polar surface area (TPSA) is 60.9 Å². The van der Waals surface area contributed by atoms with E-state index in [1.807, 2.05) is 16.9 Å². The molecule has 0 spiro atoms. The number of fused-ring (bicyclic) bond motifs is 1. The number of rotatable bonds is 4. The van der Waals surface area contributed by atoms with Crippen molar-refractivity contribution in [3.8, 4) is 0 Å². The van der Waals surface area contributed by atoms with Crippen molar-refractivity contribution in [1.82, 2.24) is 29.6 Å². The highest BCUT2D eigenvalue weighted by Crippen LogP contribution is 2.17. The number of hydrogen-bond acceptors (Lipinski definition) is 5. The molecular weight excluding hydrogens is 303 g/mol. The van der Waals surface area contributed by atoms with Crippen molar-refractivity contribution in [3.05, 3.63) is 64.9 Å². The first-order valence-corrected chi connectivity index (χ1v) is 7.51. The van der Waals surface area contributed by atoms with Gasteiger partial charge in [0.05, 0.1) is 6.54 Å². The zero-order valence-electron chi connectivity index (χ0n) is 11.4. The molecule has 3 heterocycles. The van der Waals surface area contributed by atoms with Gasteiger partial charge in [0.1, 0.15) is 10.8 Å². The standard InChI is InChI=1S/C14H11FN6S/c15-11-4-2-10(3-5-11)8-12-17-18-14-21(12)19-13(22-14)9-20-7-1-6-16-20/h1-7H,8-9H2. The van der Waals surface area contributed by atoms with Crippen LogP contribution in [0.25, 0.3) is 4.96 Å². The van der Waals surface area contributed by atoms with Crippen LogP contribution in [0.3, 0.4) is 0 Å². The van der Waals surface area contributed by atoms with Gasteiger partial charge in [-0.3, -0.25) is 4.68 Å². The van der Waals surface area contributed by atoms with Crippen molar-refractivity contribution in [3.63, 3.8) is 0 Å². The van der Waals surface area contributed by atoms with Crippen LogP contribution in [0, 0.1) is 5.82 Å². The lowest BCUT2D eigenvalue weighted by Crippen LogP contribution is -2.02.